The Morgan fingerprint density at radius 2 is 1.16 bits per heavy atom. The Bertz CT molecular complexity index is 898. The maximum Gasteiger partial charge on any atom is 0.125 e. The first-order chi connectivity index (χ1) is 11.8. The summed E-state index contributed by atoms with van der Waals surface area (Å²) in [5, 5.41) is 2.21. The SMILES string of the molecule is CC(C)N=C(N)c1ccc2[nH]c3ccc(C(N)=NC(C)C)cc3c2c1. The highest BCUT2D eigenvalue weighted by molar-refractivity contribution is 6.12. The molecule has 2 aromatic carbocycles. The van der Waals surface area contributed by atoms with Crippen LogP contribution in [-0.4, -0.2) is 28.7 Å². The van der Waals surface area contributed by atoms with Crippen LogP contribution in [0.1, 0.15) is 38.8 Å². The number of aliphatic imine (C=N–C) groups is 2. The van der Waals surface area contributed by atoms with Crippen LogP contribution in [0.4, 0.5) is 0 Å². The molecule has 3 aromatic rings. The Morgan fingerprint density at radius 3 is 1.52 bits per heavy atom. The number of nitrogens with two attached hydrogens (primary N) is 2. The Morgan fingerprint density at radius 1 is 0.760 bits per heavy atom. The first-order valence-electron chi connectivity index (χ1n) is 8.58. The molecule has 130 valence electrons. The van der Waals surface area contributed by atoms with Gasteiger partial charge in [-0.1, -0.05) is 0 Å². The topological polar surface area (TPSA) is 92.5 Å². The van der Waals surface area contributed by atoms with Gasteiger partial charge < -0.3 is 16.5 Å². The van der Waals surface area contributed by atoms with Gasteiger partial charge in [0.1, 0.15) is 11.7 Å². The van der Waals surface area contributed by atoms with Gasteiger partial charge in [0.2, 0.25) is 0 Å². The molecule has 0 saturated heterocycles. The van der Waals surface area contributed by atoms with Crippen molar-refractivity contribution in [1.29, 1.82) is 0 Å². The molecule has 1 aromatic heterocycles. The predicted octanol–water partition coefficient (Wildman–Crippen LogP) is 3.55. The van der Waals surface area contributed by atoms with Gasteiger partial charge in [0.05, 0.1) is 0 Å². The average molecular weight is 335 g/mol. The maximum atomic E-state index is 6.13. The van der Waals surface area contributed by atoms with Gasteiger partial charge in [0, 0.05) is 45.0 Å². The van der Waals surface area contributed by atoms with Gasteiger partial charge in [0.25, 0.3) is 0 Å². The van der Waals surface area contributed by atoms with Crippen molar-refractivity contribution in [3.63, 3.8) is 0 Å². The molecule has 0 aliphatic carbocycles. The van der Waals surface area contributed by atoms with Gasteiger partial charge in [-0.15, -0.1) is 0 Å². The Hall–Kier alpha value is -2.82. The standard InChI is InChI=1S/C20H25N5/c1-11(2)23-19(21)13-5-7-17-15(9-13)16-10-14(6-8-18(16)25-17)20(22)24-12(3)4/h5-12,25H,1-4H3,(H2,21,23)(H2,22,24). The van der Waals surface area contributed by atoms with Gasteiger partial charge in [-0.25, -0.2) is 0 Å². The molecule has 0 aliphatic rings. The number of nitrogens with one attached hydrogen (secondary N) is 1. The van der Waals surface area contributed by atoms with Crippen LogP contribution in [0, 0.1) is 0 Å². The molecule has 5 nitrogen and oxygen atoms in total. The van der Waals surface area contributed by atoms with E-state index in [1.807, 2.05) is 52.0 Å². The maximum absolute atomic E-state index is 6.13. The first kappa shape index (κ1) is 17.0. The highest BCUT2D eigenvalue weighted by Crippen LogP contribution is 2.27. The van der Waals surface area contributed by atoms with Crippen molar-refractivity contribution in [2.24, 2.45) is 21.5 Å². The molecule has 0 atom stereocenters. The highest BCUT2D eigenvalue weighted by atomic mass is 14.9. The zero-order valence-corrected chi connectivity index (χ0v) is 15.2. The molecule has 0 unspecified atom stereocenters. The van der Waals surface area contributed by atoms with E-state index in [1.54, 1.807) is 0 Å². The molecule has 5 heteroatoms. The van der Waals surface area contributed by atoms with E-state index in [4.69, 9.17) is 11.5 Å². The molecule has 3 rings (SSSR count). The lowest BCUT2D eigenvalue weighted by Crippen LogP contribution is -2.15. The summed E-state index contributed by atoms with van der Waals surface area (Å²) in [7, 11) is 0. The molecule has 0 aliphatic heterocycles. The van der Waals surface area contributed by atoms with Crippen molar-refractivity contribution < 1.29 is 0 Å². The van der Waals surface area contributed by atoms with Gasteiger partial charge in [-0.2, -0.15) is 0 Å². The minimum absolute atomic E-state index is 0.164. The average Bonchev–Trinajstić information content (AvgIpc) is 2.90. The minimum atomic E-state index is 0.164. The normalized spacial score (nSPS) is 13.5. The minimum Gasteiger partial charge on any atom is -0.383 e. The summed E-state index contributed by atoms with van der Waals surface area (Å²) < 4.78 is 0. The third kappa shape index (κ3) is 3.50. The largest absolute Gasteiger partial charge is 0.383 e. The molecule has 25 heavy (non-hydrogen) atoms. The van der Waals surface area contributed by atoms with Gasteiger partial charge in [-0.05, 0) is 64.1 Å². The lowest BCUT2D eigenvalue weighted by Gasteiger charge is -2.05. The lowest BCUT2D eigenvalue weighted by molar-refractivity contribution is 0.834. The number of fused-ring (bicyclic) bond motifs is 3. The van der Waals surface area contributed by atoms with Crippen molar-refractivity contribution in [2.75, 3.05) is 0 Å². The molecule has 1 heterocycles. The molecular weight excluding hydrogens is 310 g/mol. The smallest absolute Gasteiger partial charge is 0.125 e. The highest BCUT2D eigenvalue weighted by Gasteiger charge is 2.09. The van der Waals surface area contributed by atoms with Crippen molar-refractivity contribution in [1.82, 2.24) is 4.98 Å². The Kier molecular flexibility index (Phi) is 4.49. The predicted molar refractivity (Wildman–Crippen MR) is 108 cm³/mol. The number of benzene rings is 2. The Balaban J connectivity index is 2.16. The number of nitrogens with zero attached hydrogens (tertiary/aromatic N) is 2. The number of hydrogen-bond acceptors (Lipinski definition) is 2. The van der Waals surface area contributed by atoms with E-state index in [9.17, 15) is 0 Å². The fourth-order valence-corrected chi connectivity index (χ4v) is 2.92. The first-order valence-corrected chi connectivity index (χ1v) is 8.58. The van der Waals surface area contributed by atoms with Crippen molar-refractivity contribution in [3.05, 3.63) is 47.5 Å². The number of hydrogen-bond donors (Lipinski definition) is 3. The van der Waals surface area contributed by atoms with E-state index in [0.717, 1.165) is 32.9 Å². The summed E-state index contributed by atoms with van der Waals surface area (Å²) in [4.78, 5) is 12.3. The Labute approximate surface area is 147 Å². The van der Waals surface area contributed by atoms with E-state index >= 15 is 0 Å². The monoisotopic (exact) mass is 335 g/mol. The van der Waals surface area contributed by atoms with E-state index in [1.165, 1.54) is 0 Å². The molecule has 0 fully saturated rings. The summed E-state index contributed by atoms with van der Waals surface area (Å²) >= 11 is 0. The number of H-pyrrole nitrogens is 1. The summed E-state index contributed by atoms with van der Waals surface area (Å²) in [5.41, 5.74) is 16.2. The zero-order chi connectivity index (χ0) is 18.1. The molecule has 5 N–H and O–H groups in total. The number of aromatic amines is 1. The number of rotatable bonds is 4. The van der Waals surface area contributed by atoms with Crippen molar-refractivity contribution in [3.8, 4) is 0 Å². The fourth-order valence-electron chi connectivity index (χ4n) is 2.92. The third-order valence-electron chi connectivity index (χ3n) is 3.98. The molecular formula is C20H25N5. The second-order valence-electron chi connectivity index (χ2n) is 6.86. The summed E-state index contributed by atoms with van der Waals surface area (Å²) in [6.45, 7) is 8.06. The van der Waals surface area contributed by atoms with E-state index in [-0.39, 0.29) is 12.1 Å². The van der Waals surface area contributed by atoms with Gasteiger partial charge >= 0.3 is 0 Å². The second-order valence-corrected chi connectivity index (χ2v) is 6.86. The fraction of sp³-hybridized carbons (Fsp3) is 0.300. The van der Waals surface area contributed by atoms with Crippen LogP contribution in [0.15, 0.2) is 46.4 Å². The van der Waals surface area contributed by atoms with Crippen molar-refractivity contribution in [2.45, 2.75) is 39.8 Å². The summed E-state index contributed by atoms with van der Waals surface area (Å²) in [6, 6.07) is 12.6. The van der Waals surface area contributed by atoms with Crippen LogP contribution >= 0.6 is 0 Å². The third-order valence-corrected chi connectivity index (χ3v) is 3.98. The van der Waals surface area contributed by atoms with Crippen LogP contribution in [0.2, 0.25) is 0 Å². The lowest BCUT2D eigenvalue weighted by atomic mass is 10.1. The molecule has 0 amide bonds. The summed E-state index contributed by atoms with van der Waals surface area (Å²) in [5.74, 6) is 1.12. The van der Waals surface area contributed by atoms with Crippen LogP contribution < -0.4 is 11.5 Å². The summed E-state index contributed by atoms with van der Waals surface area (Å²) in [6.07, 6.45) is 0. The molecule has 0 bridgehead atoms. The van der Waals surface area contributed by atoms with Crippen LogP contribution in [0.5, 0.6) is 0 Å². The van der Waals surface area contributed by atoms with Gasteiger partial charge in [0.15, 0.2) is 0 Å². The molecule has 0 saturated carbocycles. The van der Waals surface area contributed by atoms with Crippen LogP contribution in [0.25, 0.3) is 21.8 Å². The van der Waals surface area contributed by atoms with Crippen LogP contribution in [0.3, 0.4) is 0 Å². The quantitative estimate of drug-likeness (QED) is 0.502. The molecule has 0 spiro atoms. The van der Waals surface area contributed by atoms with Gasteiger partial charge in [-0.3, -0.25) is 9.98 Å². The van der Waals surface area contributed by atoms with Crippen LogP contribution in [-0.2, 0) is 0 Å². The van der Waals surface area contributed by atoms with Crippen molar-refractivity contribution >= 4 is 33.5 Å². The van der Waals surface area contributed by atoms with E-state index in [0.29, 0.717) is 11.7 Å². The molecule has 0 radical (unpaired) electrons. The zero-order valence-electron chi connectivity index (χ0n) is 15.2. The number of amidine groups is 2. The van der Waals surface area contributed by atoms with E-state index < -0.39 is 0 Å². The second kappa shape index (κ2) is 6.59. The van der Waals surface area contributed by atoms with E-state index in [2.05, 4.69) is 27.1 Å². The number of aromatic nitrogens is 1.